The molecule has 9 nitrogen and oxygen atoms in total. The number of nitrogens with one attached hydrogen (secondary N) is 2. The van der Waals surface area contributed by atoms with Crippen LogP contribution in [-0.2, 0) is 9.59 Å². The average molecular weight is 426 g/mol. The molecule has 1 atom stereocenters. The Bertz CT molecular complexity index is 935. The van der Waals surface area contributed by atoms with Crippen LogP contribution < -0.4 is 15.4 Å². The monoisotopic (exact) mass is 426 g/mol. The number of nitro benzene ring substituents is 1. The number of hydrogen-bond acceptors (Lipinski definition) is 6. The lowest BCUT2D eigenvalue weighted by Crippen LogP contribution is -2.41. The maximum atomic E-state index is 12.6. The molecule has 1 saturated heterocycles. The molecule has 164 valence electrons. The van der Waals surface area contributed by atoms with Gasteiger partial charge in [-0.25, -0.2) is 0 Å². The first-order valence-electron chi connectivity index (χ1n) is 10.2. The summed E-state index contributed by atoms with van der Waals surface area (Å²) >= 11 is 0. The fourth-order valence-electron chi connectivity index (χ4n) is 3.61. The summed E-state index contributed by atoms with van der Waals surface area (Å²) in [5, 5.41) is 16.8. The van der Waals surface area contributed by atoms with Gasteiger partial charge in [0, 0.05) is 25.2 Å². The van der Waals surface area contributed by atoms with Crippen molar-refractivity contribution in [3.63, 3.8) is 0 Å². The normalized spacial score (nSPS) is 16.4. The van der Waals surface area contributed by atoms with E-state index in [2.05, 4.69) is 15.5 Å². The van der Waals surface area contributed by atoms with Crippen molar-refractivity contribution in [1.82, 2.24) is 4.90 Å². The molecule has 1 aliphatic heterocycles. The van der Waals surface area contributed by atoms with Gasteiger partial charge in [-0.15, -0.1) is 0 Å². The first-order chi connectivity index (χ1) is 15.0. The topological polar surface area (TPSA) is 114 Å². The van der Waals surface area contributed by atoms with E-state index in [1.165, 1.54) is 19.2 Å². The highest BCUT2D eigenvalue weighted by molar-refractivity contribution is 5.94. The third kappa shape index (κ3) is 6.26. The van der Waals surface area contributed by atoms with E-state index in [1.807, 2.05) is 30.3 Å². The highest BCUT2D eigenvalue weighted by atomic mass is 16.6. The van der Waals surface area contributed by atoms with E-state index in [4.69, 9.17) is 4.74 Å². The molecule has 0 radical (unpaired) electrons. The molecule has 1 aliphatic rings. The number of nitro groups is 1. The largest absolute Gasteiger partial charge is 0.496 e. The molecule has 2 N–H and O–H groups in total. The van der Waals surface area contributed by atoms with Crippen LogP contribution >= 0.6 is 0 Å². The molecule has 1 fully saturated rings. The summed E-state index contributed by atoms with van der Waals surface area (Å²) in [5.74, 6) is -0.129. The number of anilines is 2. The van der Waals surface area contributed by atoms with Crippen LogP contribution in [0.25, 0.3) is 0 Å². The predicted molar refractivity (Wildman–Crippen MR) is 117 cm³/mol. The van der Waals surface area contributed by atoms with Crippen molar-refractivity contribution in [2.45, 2.75) is 19.3 Å². The molecule has 1 heterocycles. The number of piperidine rings is 1. The first-order valence-corrected chi connectivity index (χ1v) is 10.2. The number of nitrogens with zero attached hydrogens (tertiary/aromatic N) is 2. The number of likely N-dealkylation sites (tertiary alicyclic amines) is 1. The van der Waals surface area contributed by atoms with E-state index < -0.39 is 4.92 Å². The Labute approximate surface area is 180 Å². The van der Waals surface area contributed by atoms with Crippen LogP contribution in [0.15, 0.2) is 48.5 Å². The average Bonchev–Trinajstić information content (AvgIpc) is 2.78. The van der Waals surface area contributed by atoms with Crippen molar-refractivity contribution >= 4 is 28.9 Å². The molecule has 1 unspecified atom stereocenters. The van der Waals surface area contributed by atoms with Gasteiger partial charge in [-0.2, -0.15) is 0 Å². The molecule has 2 aromatic carbocycles. The Kier molecular flexibility index (Phi) is 7.55. The van der Waals surface area contributed by atoms with Crippen LogP contribution in [0, 0.1) is 16.0 Å². The van der Waals surface area contributed by atoms with Crippen LogP contribution in [0.1, 0.15) is 19.3 Å². The molecule has 2 amide bonds. The van der Waals surface area contributed by atoms with Gasteiger partial charge in [0.2, 0.25) is 11.8 Å². The summed E-state index contributed by atoms with van der Waals surface area (Å²) in [7, 11) is 1.42. The number of hydrogen-bond donors (Lipinski definition) is 2. The van der Waals surface area contributed by atoms with Crippen LogP contribution in [-0.4, -0.2) is 48.4 Å². The maximum Gasteiger partial charge on any atom is 0.296 e. The Balaban J connectivity index is 1.51. The summed E-state index contributed by atoms with van der Waals surface area (Å²) in [6.07, 6.45) is 1.86. The first kappa shape index (κ1) is 22.2. The maximum absolute atomic E-state index is 12.6. The van der Waals surface area contributed by atoms with Crippen LogP contribution in [0.2, 0.25) is 0 Å². The third-order valence-electron chi connectivity index (χ3n) is 5.25. The van der Waals surface area contributed by atoms with Crippen molar-refractivity contribution in [3.05, 3.63) is 58.6 Å². The molecule has 0 aliphatic carbocycles. The molecule has 0 saturated carbocycles. The fraction of sp³-hybridized carbons (Fsp3) is 0.364. The summed E-state index contributed by atoms with van der Waals surface area (Å²) in [5.41, 5.74) is 0.683. The van der Waals surface area contributed by atoms with E-state index >= 15 is 0 Å². The standard InChI is InChI=1S/C22H26N4O5/c1-31-18-9-10-19(20(14-18)26(29)30)24-21(27)11-13-25-12-5-6-16(15-25)22(28)23-17-7-3-2-4-8-17/h2-4,7-10,14,16H,5-6,11-13,15H2,1H3,(H,23,28)(H,24,27). The zero-order valence-corrected chi connectivity index (χ0v) is 17.4. The highest BCUT2D eigenvalue weighted by Gasteiger charge is 2.26. The Hall–Kier alpha value is -3.46. The third-order valence-corrected chi connectivity index (χ3v) is 5.25. The molecule has 2 aromatic rings. The van der Waals surface area contributed by atoms with Crippen LogP contribution in [0.3, 0.4) is 0 Å². The Morgan fingerprint density at radius 3 is 2.68 bits per heavy atom. The second-order valence-corrected chi connectivity index (χ2v) is 7.43. The minimum Gasteiger partial charge on any atom is -0.496 e. The Morgan fingerprint density at radius 1 is 1.19 bits per heavy atom. The number of benzene rings is 2. The number of carbonyl (C=O) groups is 2. The summed E-state index contributed by atoms with van der Waals surface area (Å²) in [6.45, 7) is 1.87. The number of ether oxygens (including phenoxy) is 1. The predicted octanol–water partition coefficient (Wildman–Crippen LogP) is 3.28. The number of rotatable bonds is 8. The van der Waals surface area contributed by atoms with E-state index in [0.717, 1.165) is 25.1 Å². The minimum atomic E-state index is -0.557. The van der Waals surface area contributed by atoms with E-state index in [1.54, 1.807) is 6.07 Å². The van der Waals surface area contributed by atoms with E-state index in [9.17, 15) is 19.7 Å². The highest BCUT2D eigenvalue weighted by Crippen LogP contribution is 2.29. The summed E-state index contributed by atoms with van der Waals surface area (Å²) in [4.78, 5) is 37.7. The molecule has 9 heteroatoms. The number of para-hydroxylation sites is 1. The van der Waals surface area contributed by atoms with Crippen LogP contribution in [0.5, 0.6) is 5.75 Å². The SMILES string of the molecule is COc1ccc(NC(=O)CCN2CCCC(C(=O)Nc3ccccc3)C2)c([N+](=O)[O-])c1. The smallest absolute Gasteiger partial charge is 0.296 e. The van der Waals surface area contributed by atoms with Gasteiger partial charge in [0.1, 0.15) is 11.4 Å². The van der Waals surface area contributed by atoms with E-state index in [-0.39, 0.29) is 35.5 Å². The van der Waals surface area contributed by atoms with Crippen LogP contribution in [0.4, 0.5) is 17.1 Å². The molecular formula is C22H26N4O5. The summed E-state index contributed by atoms with van der Waals surface area (Å²) < 4.78 is 5.00. The Morgan fingerprint density at radius 2 is 1.97 bits per heavy atom. The van der Waals surface area contributed by atoms with Crippen molar-refractivity contribution in [3.8, 4) is 5.75 Å². The van der Waals surface area contributed by atoms with Crippen molar-refractivity contribution < 1.29 is 19.2 Å². The summed E-state index contributed by atoms with van der Waals surface area (Å²) in [6, 6.07) is 13.6. The lowest BCUT2D eigenvalue weighted by atomic mass is 9.97. The van der Waals surface area contributed by atoms with Gasteiger partial charge in [-0.05, 0) is 43.7 Å². The van der Waals surface area contributed by atoms with Crippen molar-refractivity contribution in [2.75, 3.05) is 37.4 Å². The molecule has 0 bridgehead atoms. The lowest BCUT2D eigenvalue weighted by molar-refractivity contribution is -0.384. The number of amides is 2. The van der Waals surface area contributed by atoms with Crippen molar-refractivity contribution in [1.29, 1.82) is 0 Å². The molecular weight excluding hydrogens is 400 g/mol. The van der Waals surface area contributed by atoms with Gasteiger partial charge < -0.3 is 20.3 Å². The zero-order valence-electron chi connectivity index (χ0n) is 17.4. The molecule has 0 spiro atoms. The second kappa shape index (κ2) is 10.5. The number of carbonyl (C=O) groups excluding carboxylic acids is 2. The van der Waals surface area contributed by atoms with Gasteiger partial charge >= 0.3 is 0 Å². The zero-order chi connectivity index (χ0) is 22.2. The van der Waals surface area contributed by atoms with Gasteiger partial charge in [-0.3, -0.25) is 19.7 Å². The lowest BCUT2D eigenvalue weighted by Gasteiger charge is -2.31. The second-order valence-electron chi connectivity index (χ2n) is 7.43. The minimum absolute atomic E-state index is 0.0193. The van der Waals surface area contributed by atoms with Gasteiger partial charge in [-0.1, -0.05) is 18.2 Å². The fourth-order valence-corrected chi connectivity index (χ4v) is 3.61. The van der Waals surface area contributed by atoms with Gasteiger partial charge in [0.15, 0.2) is 0 Å². The van der Waals surface area contributed by atoms with E-state index in [0.29, 0.717) is 18.8 Å². The number of methoxy groups -OCH3 is 1. The van der Waals surface area contributed by atoms with Gasteiger partial charge in [0.05, 0.1) is 24.0 Å². The molecule has 31 heavy (non-hydrogen) atoms. The van der Waals surface area contributed by atoms with Crippen molar-refractivity contribution in [2.24, 2.45) is 5.92 Å². The van der Waals surface area contributed by atoms with Gasteiger partial charge in [0.25, 0.3) is 5.69 Å². The molecule has 0 aromatic heterocycles. The quantitative estimate of drug-likeness (QED) is 0.495. The molecule has 3 rings (SSSR count).